The van der Waals surface area contributed by atoms with Gasteiger partial charge in [0.05, 0.1) is 11.7 Å². The largest absolute Gasteiger partial charge is 0.510 e. The van der Waals surface area contributed by atoms with Gasteiger partial charge in [-0.05, 0) is 36.0 Å². The average molecular weight is 632 g/mol. The number of hydrogen-bond donors (Lipinski definition) is 2. The molecule has 47 heavy (non-hydrogen) atoms. The topological polar surface area (TPSA) is 105 Å². The molecule has 2 aliphatic carbocycles. The summed E-state index contributed by atoms with van der Waals surface area (Å²) in [5.74, 6) is -0.698. The van der Waals surface area contributed by atoms with Gasteiger partial charge in [-0.25, -0.2) is 4.39 Å². The smallest absolute Gasteiger partial charge is 0.281 e. The normalized spacial score (nSPS) is 19.0. The number of allylic oxidation sites excluding steroid dienone is 3. The predicted molar refractivity (Wildman–Crippen MR) is 173 cm³/mol. The lowest BCUT2D eigenvalue weighted by Gasteiger charge is -2.37. The van der Waals surface area contributed by atoms with Crippen molar-refractivity contribution in [3.8, 4) is 17.1 Å². The summed E-state index contributed by atoms with van der Waals surface area (Å²) in [7, 11) is 0. The summed E-state index contributed by atoms with van der Waals surface area (Å²) >= 11 is 0. The zero-order chi connectivity index (χ0) is 32.7. The van der Waals surface area contributed by atoms with Crippen molar-refractivity contribution >= 4 is 11.7 Å². The molecule has 3 aliphatic rings. The van der Waals surface area contributed by atoms with Gasteiger partial charge in [0.15, 0.2) is 17.2 Å². The van der Waals surface area contributed by atoms with Gasteiger partial charge in [0.1, 0.15) is 29.6 Å². The van der Waals surface area contributed by atoms with Crippen LogP contribution in [0.5, 0.6) is 5.75 Å². The van der Waals surface area contributed by atoms with Crippen LogP contribution >= 0.6 is 0 Å². The number of aliphatic hydroxyl groups excluding tert-OH is 1. The summed E-state index contributed by atoms with van der Waals surface area (Å²) in [6.07, 6.45) is 3.28. The molecule has 2 heterocycles. The molecule has 1 atom stereocenters. The van der Waals surface area contributed by atoms with Crippen molar-refractivity contribution in [2.45, 2.75) is 52.2 Å². The minimum atomic E-state index is -1.16. The van der Waals surface area contributed by atoms with Gasteiger partial charge >= 0.3 is 0 Å². The van der Waals surface area contributed by atoms with Crippen molar-refractivity contribution < 1.29 is 28.3 Å². The highest BCUT2D eigenvalue weighted by Gasteiger charge is 2.46. The first-order chi connectivity index (χ1) is 22.7. The highest BCUT2D eigenvalue weighted by atomic mass is 19.1. The number of carbonyl (C=O) groups excluding carboxylic acids is 2. The van der Waals surface area contributed by atoms with Gasteiger partial charge in [-0.1, -0.05) is 85.7 Å². The van der Waals surface area contributed by atoms with Gasteiger partial charge < -0.3 is 19.7 Å². The highest BCUT2D eigenvalue weighted by molar-refractivity contribution is 6.02. The Balaban J connectivity index is 1.36. The van der Waals surface area contributed by atoms with Crippen LogP contribution in [0.1, 0.15) is 67.2 Å². The first kappa shape index (κ1) is 30.2. The van der Waals surface area contributed by atoms with E-state index < -0.39 is 23.2 Å². The van der Waals surface area contributed by atoms with Crippen LogP contribution in [0, 0.1) is 11.2 Å². The van der Waals surface area contributed by atoms with Crippen LogP contribution in [0.4, 0.5) is 4.39 Å². The van der Waals surface area contributed by atoms with Crippen molar-refractivity contribution in [3.63, 3.8) is 0 Å². The van der Waals surface area contributed by atoms with E-state index in [1.54, 1.807) is 12.1 Å². The summed E-state index contributed by atoms with van der Waals surface area (Å²) in [6.45, 7) is 4.23. The summed E-state index contributed by atoms with van der Waals surface area (Å²) in [6, 6.07) is 23.7. The van der Waals surface area contributed by atoms with Gasteiger partial charge in [0.25, 0.3) is 5.91 Å². The molecule has 0 radical (unpaired) electrons. The van der Waals surface area contributed by atoms with Gasteiger partial charge in [0, 0.05) is 47.4 Å². The maximum atomic E-state index is 16.4. The Morgan fingerprint density at radius 2 is 1.81 bits per heavy atom. The van der Waals surface area contributed by atoms with Crippen molar-refractivity contribution in [1.82, 2.24) is 15.4 Å². The quantitative estimate of drug-likeness (QED) is 0.223. The van der Waals surface area contributed by atoms with Crippen molar-refractivity contribution in [2.24, 2.45) is 5.41 Å². The van der Waals surface area contributed by atoms with Crippen LogP contribution in [0.15, 0.2) is 124 Å². The second-order valence-corrected chi connectivity index (χ2v) is 12.9. The van der Waals surface area contributed by atoms with Gasteiger partial charge in [-0.2, -0.15) is 0 Å². The first-order valence-corrected chi connectivity index (χ1v) is 15.7. The van der Waals surface area contributed by atoms with Gasteiger partial charge in [-0.3, -0.25) is 14.5 Å². The maximum absolute atomic E-state index is 16.4. The fraction of sp³-hybridized carbons (Fsp3) is 0.237. The van der Waals surface area contributed by atoms with Gasteiger partial charge in [0.2, 0.25) is 0 Å². The number of nitrogens with one attached hydrogen (secondary N) is 1. The van der Waals surface area contributed by atoms with E-state index in [1.807, 2.05) is 80.6 Å². The number of benzene rings is 3. The second kappa shape index (κ2) is 12.1. The summed E-state index contributed by atoms with van der Waals surface area (Å²) < 4.78 is 27.9. The molecule has 4 aromatic rings. The number of nitrogens with zero attached hydrogens (tertiary/aromatic N) is 2. The number of halogens is 1. The number of ketones is 1. The van der Waals surface area contributed by atoms with E-state index >= 15 is 4.39 Å². The Morgan fingerprint density at radius 1 is 1.06 bits per heavy atom. The minimum Gasteiger partial charge on any atom is -0.510 e. The molecule has 0 fully saturated rings. The molecule has 1 unspecified atom stereocenters. The molecule has 1 aromatic heterocycles. The first-order valence-electron chi connectivity index (χ1n) is 15.7. The average Bonchev–Trinajstić information content (AvgIpc) is 3.50. The summed E-state index contributed by atoms with van der Waals surface area (Å²) in [5.41, 5.74) is 2.85. The standard InChI is InChI=1S/C38H34FN3O5/c1-38(2)20-29-34(32(44)21-38)36(26-17-16-25(18-27(26)39)46-22-23-10-5-3-6-11-23)42(30-14-9-15-31(43)35(30)40-29)37(45)28-19-33(47-41-28)24-12-7-4-8-13-24/h3-8,10-14,16-19,36,40,43H,9,15,20-22H2,1-2H3. The third-order valence-corrected chi connectivity index (χ3v) is 8.77. The molecule has 2 N–H and O–H groups in total. The van der Waals surface area contributed by atoms with E-state index in [1.165, 1.54) is 17.0 Å². The molecule has 9 heteroatoms. The SMILES string of the molecule is CC1(C)CC(=O)C2=C(C1)NC1=C(O)CCC=C1N(C(=O)c1cc(-c3ccccc3)on1)C2c1ccc(OCc2ccccc2)cc1F. The zero-order valence-corrected chi connectivity index (χ0v) is 26.1. The van der Waals surface area contributed by atoms with E-state index in [0.29, 0.717) is 47.9 Å². The Hall–Kier alpha value is -5.44. The third-order valence-electron chi connectivity index (χ3n) is 8.77. The number of amides is 1. The zero-order valence-electron chi connectivity index (χ0n) is 26.1. The van der Waals surface area contributed by atoms with Crippen molar-refractivity contribution in [3.05, 3.63) is 142 Å². The highest BCUT2D eigenvalue weighted by Crippen LogP contribution is 2.48. The van der Waals surface area contributed by atoms with Crippen molar-refractivity contribution in [2.75, 3.05) is 0 Å². The van der Waals surface area contributed by atoms with Crippen LogP contribution in [0.25, 0.3) is 11.3 Å². The predicted octanol–water partition coefficient (Wildman–Crippen LogP) is 7.94. The lowest BCUT2D eigenvalue weighted by molar-refractivity contribution is -0.118. The number of aliphatic hydroxyl groups is 1. The molecular formula is C38H34FN3O5. The van der Waals surface area contributed by atoms with E-state index in [0.717, 1.165) is 11.1 Å². The van der Waals surface area contributed by atoms with Gasteiger partial charge in [-0.15, -0.1) is 0 Å². The number of fused-ring (bicyclic) bond motifs is 1. The number of rotatable bonds is 6. The third kappa shape index (κ3) is 5.85. The molecular weight excluding hydrogens is 597 g/mol. The number of ether oxygens (including phenoxy) is 1. The van der Waals surface area contributed by atoms with Crippen LogP contribution in [0.3, 0.4) is 0 Å². The van der Waals surface area contributed by atoms with Crippen LogP contribution < -0.4 is 10.1 Å². The van der Waals surface area contributed by atoms with Crippen LogP contribution in [0.2, 0.25) is 0 Å². The Kier molecular flexibility index (Phi) is 7.75. The van der Waals surface area contributed by atoms with Crippen molar-refractivity contribution in [1.29, 1.82) is 0 Å². The summed E-state index contributed by atoms with van der Waals surface area (Å²) in [4.78, 5) is 30.1. The molecule has 3 aromatic carbocycles. The monoisotopic (exact) mass is 631 g/mol. The summed E-state index contributed by atoms with van der Waals surface area (Å²) in [5, 5.41) is 18.6. The Morgan fingerprint density at radius 3 is 2.55 bits per heavy atom. The Bertz CT molecular complexity index is 1960. The Labute approximate surface area is 271 Å². The number of Topliss-reactive ketones (excluding diaryl/α,β-unsaturated/α-hetero) is 1. The molecule has 0 saturated heterocycles. The fourth-order valence-corrected chi connectivity index (χ4v) is 6.58. The maximum Gasteiger partial charge on any atom is 0.281 e. The number of carbonyl (C=O) groups is 2. The molecule has 1 amide bonds. The lowest BCUT2D eigenvalue weighted by Crippen LogP contribution is -2.39. The van der Waals surface area contributed by atoms with E-state index in [4.69, 9.17) is 9.26 Å². The minimum absolute atomic E-state index is 0.0185. The number of hydrogen-bond acceptors (Lipinski definition) is 7. The van der Waals surface area contributed by atoms with Crippen LogP contribution in [-0.4, -0.2) is 26.9 Å². The molecule has 0 bridgehead atoms. The fourth-order valence-electron chi connectivity index (χ4n) is 6.58. The second-order valence-electron chi connectivity index (χ2n) is 12.9. The molecule has 1 aliphatic heterocycles. The molecule has 238 valence electrons. The molecule has 0 saturated carbocycles. The van der Waals surface area contributed by atoms with Crippen LogP contribution in [-0.2, 0) is 11.4 Å². The van der Waals surface area contributed by atoms with E-state index in [9.17, 15) is 14.7 Å². The molecule has 0 spiro atoms. The number of aromatic nitrogens is 1. The van der Waals surface area contributed by atoms with E-state index in [-0.39, 0.29) is 41.4 Å². The lowest BCUT2D eigenvalue weighted by atomic mass is 9.73. The van der Waals surface area contributed by atoms with E-state index in [2.05, 4.69) is 10.5 Å². The molecule has 7 rings (SSSR count). The molecule has 8 nitrogen and oxygen atoms in total.